The first kappa shape index (κ1) is 12.9. The monoisotopic (exact) mass is 249 g/mol. The topological polar surface area (TPSA) is 47.6 Å². The number of hydrogen-bond acceptors (Lipinski definition) is 3. The summed E-state index contributed by atoms with van der Waals surface area (Å²) in [5.41, 5.74) is 1.85. The quantitative estimate of drug-likeness (QED) is 0.892. The van der Waals surface area contributed by atoms with E-state index in [9.17, 15) is 4.79 Å². The van der Waals surface area contributed by atoms with E-state index in [0.717, 1.165) is 30.0 Å². The van der Waals surface area contributed by atoms with E-state index < -0.39 is 0 Å². The predicted molar refractivity (Wildman–Crippen MR) is 70.0 cm³/mol. The Morgan fingerprint density at radius 1 is 1.56 bits per heavy atom. The largest absolute Gasteiger partial charge is 0.488 e. The number of carbonyl (C=O) groups is 1. The van der Waals surface area contributed by atoms with Gasteiger partial charge in [0.1, 0.15) is 11.9 Å². The van der Waals surface area contributed by atoms with Crippen LogP contribution >= 0.6 is 0 Å². The first-order valence-electron chi connectivity index (χ1n) is 6.34. The highest BCUT2D eigenvalue weighted by Gasteiger charge is 2.18. The van der Waals surface area contributed by atoms with Crippen LogP contribution in [0.4, 0.5) is 5.69 Å². The average molecular weight is 249 g/mol. The summed E-state index contributed by atoms with van der Waals surface area (Å²) in [6.07, 6.45) is 1.52. The summed E-state index contributed by atoms with van der Waals surface area (Å²) in [5.74, 6) is 0.827. The maximum absolute atomic E-state index is 11.4. The smallest absolute Gasteiger partial charge is 0.224 e. The van der Waals surface area contributed by atoms with E-state index in [1.165, 1.54) is 0 Å². The van der Waals surface area contributed by atoms with Crippen molar-refractivity contribution >= 4 is 11.6 Å². The SMILES string of the molecule is CCC(=O)Nc1ccc(C)c(O[C@H]2CCOC2)c1. The van der Waals surface area contributed by atoms with Gasteiger partial charge in [0.15, 0.2) is 0 Å². The van der Waals surface area contributed by atoms with Crippen LogP contribution in [0.25, 0.3) is 0 Å². The van der Waals surface area contributed by atoms with Crippen molar-refractivity contribution in [2.24, 2.45) is 0 Å². The summed E-state index contributed by atoms with van der Waals surface area (Å²) in [4.78, 5) is 11.4. The highest BCUT2D eigenvalue weighted by Crippen LogP contribution is 2.25. The maximum atomic E-state index is 11.4. The molecule has 0 unspecified atom stereocenters. The van der Waals surface area contributed by atoms with Gasteiger partial charge < -0.3 is 14.8 Å². The lowest BCUT2D eigenvalue weighted by Crippen LogP contribution is -2.16. The minimum atomic E-state index is 0.00834. The molecule has 2 rings (SSSR count). The van der Waals surface area contributed by atoms with Gasteiger partial charge in [-0.3, -0.25) is 4.79 Å². The molecule has 1 heterocycles. The molecule has 4 heteroatoms. The Bertz CT molecular complexity index is 425. The van der Waals surface area contributed by atoms with Crippen LogP contribution in [0.15, 0.2) is 18.2 Å². The van der Waals surface area contributed by atoms with E-state index in [-0.39, 0.29) is 12.0 Å². The van der Waals surface area contributed by atoms with E-state index in [0.29, 0.717) is 13.0 Å². The Balaban J connectivity index is 2.08. The van der Waals surface area contributed by atoms with Crippen molar-refractivity contribution < 1.29 is 14.3 Å². The van der Waals surface area contributed by atoms with Crippen molar-refractivity contribution in [1.29, 1.82) is 0 Å². The third-order valence-corrected chi connectivity index (χ3v) is 2.97. The molecule has 1 aromatic carbocycles. The number of ether oxygens (including phenoxy) is 2. The van der Waals surface area contributed by atoms with Gasteiger partial charge in [0.05, 0.1) is 13.2 Å². The molecule has 1 atom stereocenters. The van der Waals surface area contributed by atoms with E-state index >= 15 is 0 Å². The van der Waals surface area contributed by atoms with Crippen LogP contribution in [0.5, 0.6) is 5.75 Å². The van der Waals surface area contributed by atoms with Crippen LogP contribution < -0.4 is 10.1 Å². The molecular weight excluding hydrogens is 230 g/mol. The van der Waals surface area contributed by atoms with Crippen molar-refractivity contribution in [3.63, 3.8) is 0 Å². The molecule has 0 radical (unpaired) electrons. The van der Waals surface area contributed by atoms with Gasteiger partial charge >= 0.3 is 0 Å². The van der Waals surface area contributed by atoms with Crippen LogP contribution in [-0.4, -0.2) is 25.2 Å². The van der Waals surface area contributed by atoms with Gasteiger partial charge in [0.2, 0.25) is 5.91 Å². The van der Waals surface area contributed by atoms with Gasteiger partial charge in [0.25, 0.3) is 0 Å². The molecule has 18 heavy (non-hydrogen) atoms. The number of aryl methyl sites for hydroxylation is 1. The molecule has 98 valence electrons. The molecule has 1 fully saturated rings. The van der Waals surface area contributed by atoms with Gasteiger partial charge in [-0.1, -0.05) is 13.0 Å². The second-order valence-electron chi connectivity index (χ2n) is 4.49. The highest BCUT2D eigenvalue weighted by molar-refractivity contribution is 5.90. The molecule has 1 amide bonds. The molecule has 0 spiro atoms. The number of nitrogens with one attached hydrogen (secondary N) is 1. The molecule has 1 N–H and O–H groups in total. The predicted octanol–water partition coefficient (Wildman–Crippen LogP) is 2.51. The minimum absolute atomic E-state index is 0.00834. The fraction of sp³-hybridized carbons (Fsp3) is 0.500. The Labute approximate surface area is 107 Å². The van der Waals surface area contributed by atoms with Crippen LogP contribution in [0, 0.1) is 6.92 Å². The minimum Gasteiger partial charge on any atom is -0.488 e. The van der Waals surface area contributed by atoms with Crippen molar-refractivity contribution in [3.8, 4) is 5.75 Å². The second kappa shape index (κ2) is 5.87. The first-order valence-corrected chi connectivity index (χ1v) is 6.34. The zero-order chi connectivity index (χ0) is 13.0. The number of anilines is 1. The molecule has 4 nitrogen and oxygen atoms in total. The van der Waals surface area contributed by atoms with Gasteiger partial charge in [0, 0.05) is 24.6 Å². The van der Waals surface area contributed by atoms with Crippen LogP contribution in [0.1, 0.15) is 25.3 Å². The number of hydrogen-bond donors (Lipinski definition) is 1. The van der Waals surface area contributed by atoms with Gasteiger partial charge in [-0.25, -0.2) is 0 Å². The Kier molecular flexibility index (Phi) is 4.20. The average Bonchev–Trinajstić information content (AvgIpc) is 2.86. The summed E-state index contributed by atoms with van der Waals surface area (Å²) >= 11 is 0. The third-order valence-electron chi connectivity index (χ3n) is 2.97. The van der Waals surface area contributed by atoms with Crippen LogP contribution in [0.3, 0.4) is 0 Å². The Hall–Kier alpha value is -1.55. The maximum Gasteiger partial charge on any atom is 0.224 e. The fourth-order valence-electron chi connectivity index (χ4n) is 1.84. The first-order chi connectivity index (χ1) is 8.69. The summed E-state index contributed by atoms with van der Waals surface area (Å²) < 4.78 is 11.2. The normalized spacial score (nSPS) is 18.7. The molecular formula is C14H19NO3. The van der Waals surface area contributed by atoms with E-state index in [4.69, 9.17) is 9.47 Å². The van der Waals surface area contributed by atoms with Crippen molar-refractivity contribution in [2.75, 3.05) is 18.5 Å². The molecule has 1 aliphatic rings. The molecule has 0 aliphatic carbocycles. The van der Waals surface area contributed by atoms with Crippen molar-refractivity contribution in [2.45, 2.75) is 32.8 Å². The zero-order valence-electron chi connectivity index (χ0n) is 10.9. The summed E-state index contributed by atoms with van der Waals surface area (Å²) in [5, 5.41) is 2.83. The molecule has 0 saturated carbocycles. The second-order valence-corrected chi connectivity index (χ2v) is 4.49. The van der Waals surface area contributed by atoms with Crippen molar-refractivity contribution in [1.82, 2.24) is 0 Å². The van der Waals surface area contributed by atoms with E-state index in [2.05, 4.69) is 5.32 Å². The number of rotatable bonds is 4. The van der Waals surface area contributed by atoms with E-state index in [1.54, 1.807) is 0 Å². The summed E-state index contributed by atoms with van der Waals surface area (Å²) in [6, 6.07) is 5.72. The molecule has 0 bridgehead atoms. The molecule has 0 aromatic heterocycles. The molecule has 1 aromatic rings. The van der Waals surface area contributed by atoms with Gasteiger partial charge in [-0.15, -0.1) is 0 Å². The number of benzene rings is 1. The van der Waals surface area contributed by atoms with Gasteiger partial charge in [-0.05, 0) is 18.6 Å². The number of carbonyl (C=O) groups excluding carboxylic acids is 1. The van der Waals surface area contributed by atoms with Crippen LogP contribution in [-0.2, 0) is 9.53 Å². The molecule has 1 saturated heterocycles. The zero-order valence-corrected chi connectivity index (χ0v) is 10.9. The van der Waals surface area contributed by atoms with E-state index in [1.807, 2.05) is 32.0 Å². The fourth-order valence-corrected chi connectivity index (χ4v) is 1.84. The van der Waals surface area contributed by atoms with Crippen molar-refractivity contribution in [3.05, 3.63) is 23.8 Å². The Morgan fingerprint density at radius 3 is 3.06 bits per heavy atom. The lowest BCUT2D eigenvalue weighted by molar-refractivity contribution is -0.115. The highest BCUT2D eigenvalue weighted by atomic mass is 16.5. The summed E-state index contributed by atoms with van der Waals surface area (Å²) in [7, 11) is 0. The summed E-state index contributed by atoms with van der Waals surface area (Å²) in [6.45, 7) is 5.23. The number of amides is 1. The molecule has 1 aliphatic heterocycles. The lowest BCUT2D eigenvalue weighted by Gasteiger charge is -2.15. The van der Waals surface area contributed by atoms with Gasteiger partial charge in [-0.2, -0.15) is 0 Å². The lowest BCUT2D eigenvalue weighted by atomic mass is 10.2. The van der Waals surface area contributed by atoms with Crippen LogP contribution in [0.2, 0.25) is 0 Å². The third kappa shape index (κ3) is 3.23. The Morgan fingerprint density at radius 2 is 2.39 bits per heavy atom. The standard InChI is InChI=1S/C14H19NO3/c1-3-14(16)15-11-5-4-10(2)13(8-11)18-12-6-7-17-9-12/h4-5,8,12H,3,6-7,9H2,1-2H3,(H,15,16)/t12-/m0/s1.